The zero-order valence-electron chi connectivity index (χ0n) is 11.2. The van der Waals surface area contributed by atoms with E-state index in [1.54, 1.807) is 18.3 Å². The molecule has 3 rings (SSSR count). The third kappa shape index (κ3) is 3.63. The lowest BCUT2D eigenvalue weighted by atomic mass is 10.2. The number of nitrogens with one attached hydrogen (secondary N) is 1. The molecule has 0 unspecified atom stereocenters. The average Bonchev–Trinajstić information content (AvgIpc) is 2.99. The van der Waals surface area contributed by atoms with Crippen molar-refractivity contribution in [2.45, 2.75) is 0 Å². The summed E-state index contributed by atoms with van der Waals surface area (Å²) >= 11 is 11.5. The molecule has 22 heavy (non-hydrogen) atoms. The molecule has 2 heterocycles. The molecule has 7 heteroatoms. The van der Waals surface area contributed by atoms with Crippen molar-refractivity contribution in [2.24, 2.45) is 5.10 Å². The Morgan fingerprint density at radius 2 is 1.77 bits per heavy atom. The minimum atomic E-state index is 0.327. The van der Waals surface area contributed by atoms with Crippen LogP contribution >= 0.6 is 23.2 Å². The Morgan fingerprint density at radius 3 is 2.50 bits per heavy atom. The number of halogens is 2. The van der Waals surface area contributed by atoms with Gasteiger partial charge in [-0.1, -0.05) is 23.2 Å². The molecular formula is C15H10Cl2N4O. The van der Waals surface area contributed by atoms with E-state index in [9.17, 15) is 0 Å². The van der Waals surface area contributed by atoms with Gasteiger partial charge < -0.3 is 4.42 Å². The average molecular weight is 333 g/mol. The van der Waals surface area contributed by atoms with Crippen LogP contribution in [-0.2, 0) is 0 Å². The molecular weight excluding hydrogens is 323 g/mol. The topological polar surface area (TPSA) is 63.3 Å². The zero-order valence-corrected chi connectivity index (χ0v) is 12.7. The minimum absolute atomic E-state index is 0.327. The molecule has 0 aliphatic heterocycles. The standard InChI is InChI=1S/C15H10Cl2N4O/c16-11-3-1-10(2-4-11)13-6-5-12(22-13)9-18-20-15-8-7-14(17)19-21-15/h1-9H,(H,20,21). The second kappa shape index (κ2) is 6.60. The predicted molar refractivity (Wildman–Crippen MR) is 87.4 cm³/mol. The first-order valence-electron chi connectivity index (χ1n) is 6.35. The maximum Gasteiger partial charge on any atom is 0.168 e. The fraction of sp³-hybridized carbons (Fsp3) is 0. The van der Waals surface area contributed by atoms with Crippen molar-refractivity contribution in [1.29, 1.82) is 0 Å². The van der Waals surface area contributed by atoms with Crippen molar-refractivity contribution in [3.05, 3.63) is 64.5 Å². The highest BCUT2D eigenvalue weighted by Crippen LogP contribution is 2.23. The van der Waals surface area contributed by atoms with E-state index in [1.807, 2.05) is 36.4 Å². The lowest BCUT2D eigenvalue weighted by molar-refractivity contribution is 0.575. The number of aromatic nitrogens is 2. The SMILES string of the molecule is Clc1ccc(-c2ccc(C=NNc3ccc(Cl)nn3)o2)cc1. The van der Waals surface area contributed by atoms with Gasteiger partial charge in [-0.3, -0.25) is 5.43 Å². The van der Waals surface area contributed by atoms with Crippen LogP contribution in [-0.4, -0.2) is 16.4 Å². The third-order valence-electron chi connectivity index (χ3n) is 2.76. The van der Waals surface area contributed by atoms with Crippen molar-refractivity contribution in [3.8, 4) is 11.3 Å². The molecule has 3 aromatic rings. The molecule has 1 N–H and O–H groups in total. The Hall–Kier alpha value is -2.37. The molecule has 0 spiro atoms. The molecule has 0 bridgehead atoms. The van der Waals surface area contributed by atoms with Crippen molar-refractivity contribution >= 4 is 35.2 Å². The summed E-state index contributed by atoms with van der Waals surface area (Å²) in [6, 6.07) is 14.4. The van der Waals surface area contributed by atoms with E-state index >= 15 is 0 Å². The first kappa shape index (κ1) is 14.6. The van der Waals surface area contributed by atoms with E-state index < -0.39 is 0 Å². The van der Waals surface area contributed by atoms with Crippen LogP contribution in [0.2, 0.25) is 10.2 Å². The fourth-order valence-corrected chi connectivity index (χ4v) is 1.96. The van der Waals surface area contributed by atoms with Crippen LogP contribution in [0.3, 0.4) is 0 Å². The van der Waals surface area contributed by atoms with Gasteiger partial charge in [-0.15, -0.1) is 10.2 Å². The molecule has 5 nitrogen and oxygen atoms in total. The van der Waals surface area contributed by atoms with E-state index in [-0.39, 0.29) is 0 Å². The Balaban J connectivity index is 1.67. The zero-order chi connectivity index (χ0) is 15.4. The van der Waals surface area contributed by atoms with Gasteiger partial charge in [-0.25, -0.2) is 0 Å². The maximum absolute atomic E-state index is 5.86. The molecule has 0 atom stereocenters. The number of anilines is 1. The predicted octanol–water partition coefficient (Wildman–Crippen LogP) is 4.49. The lowest BCUT2D eigenvalue weighted by Crippen LogP contribution is -1.94. The molecule has 0 saturated heterocycles. The Kier molecular flexibility index (Phi) is 4.37. The van der Waals surface area contributed by atoms with Gasteiger partial charge in [0.2, 0.25) is 0 Å². The van der Waals surface area contributed by atoms with Gasteiger partial charge in [0.15, 0.2) is 11.0 Å². The molecule has 1 aromatic carbocycles. The maximum atomic E-state index is 5.86. The minimum Gasteiger partial charge on any atom is -0.455 e. The normalized spacial score (nSPS) is 11.0. The van der Waals surface area contributed by atoms with Gasteiger partial charge in [-0.2, -0.15) is 5.10 Å². The highest BCUT2D eigenvalue weighted by atomic mass is 35.5. The molecule has 0 amide bonds. The van der Waals surface area contributed by atoms with Crippen LogP contribution in [0.25, 0.3) is 11.3 Å². The van der Waals surface area contributed by atoms with Crippen LogP contribution in [0.1, 0.15) is 5.76 Å². The summed E-state index contributed by atoms with van der Waals surface area (Å²) in [7, 11) is 0. The van der Waals surface area contributed by atoms with Crippen molar-refractivity contribution in [3.63, 3.8) is 0 Å². The van der Waals surface area contributed by atoms with Gasteiger partial charge in [-0.05, 0) is 48.5 Å². The molecule has 0 aliphatic carbocycles. The second-order valence-corrected chi connectivity index (χ2v) is 5.14. The summed E-state index contributed by atoms with van der Waals surface area (Å²) in [5, 5.41) is 12.6. The van der Waals surface area contributed by atoms with E-state index in [1.165, 1.54) is 0 Å². The van der Waals surface area contributed by atoms with Crippen LogP contribution in [0, 0.1) is 0 Å². The fourth-order valence-electron chi connectivity index (χ4n) is 1.73. The summed E-state index contributed by atoms with van der Waals surface area (Å²) < 4.78 is 5.68. The Bertz CT molecular complexity index is 782. The first-order valence-corrected chi connectivity index (χ1v) is 7.10. The molecule has 0 radical (unpaired) electrons. The van der Waals surface area contributed by atoms with Crippen molar-refractivity contribution in [2.75, 3.05) is 5.43 Å². The van der Waals surface area contributed by atoms with Crippen molar-refractivity contribution in [1.82, 2.24) is 10.2 Å². The van der Waals surface area contributed by atoms with E-state index in [0.717, 1.165) is 11.3 Å². The summed E-state index contributed by atoms with van der Waals surface area (Å²) in [5.74, 6) is 1.84. The van der Waals surface area contributed by atoms with Crippen LogP contribution < -0.4 is 5.43 Å². The summed E-state index contributed by atoms with van der Waals surface area (Å²) in [6.45, 7) is 0. The number of furan rings is 1. The molecule has 0 fully saturated rings. The van der Waals surface area contributed by atoms with Gasteiger partial charge in [0.25, 0.3) is 0 Å². The molecule has 110 valence electrons. The largest absolute Gasteiger partial charge is 0.455 e. The summed E-state index contributed by atoms with van der Waals surface area (Å²) in [6.07, 6.45) is 1.55. The second-order valence-electron chi connectivity index (χ2n) is 4.32. The molecule has 0 saturated carbocycles. The smallest absolute Gasteiger partial charge is 0.168 e. The van der Waals surface area contributed by atoms with E-state index in [2.05, 4.69) is 20.7 Å². The number of benzene rings is 1. The first-order chi connectivity index (χ1) is 10.7. The third-order valence-corrected chi connectivity index (χ3v) is 3.21. The van der Waals surface area contributed by atoms with Crippen LogP contribution in [0.4, 0.5) is 5.82 Å². The Labute approximate surface area is 136 Å². The number of hydrazone groups is 1. The lowest BCUT2D eigenvalue weighted by Gasteiger charge is -1.97. The monoisotopic (exact) mass is 332 g/mol. The van der Waals surface area contributed by atoms with Gasteiger partial charge in [0.05, 0.1) is 6.21 Å². The van der Waals surface area contributed by atoms with Crippen LogP contribution in [0.15, 0.2) is 58.0 Å². The van der Waals surface area contributed by atoms with Gasteiger partial charge >= 0.3 is 0 Å². The quantitative estimate of drug-likeness (QED) is 0.564. The van der Waals surface area contributed by atoms with Gasteiger partial charge in [0.1, 0.15) is 11.5 Å². The van der Waals surface area contributed by atoms with Crippen molar-refractivity contribution < 1.29 is 4.42 Å². The van der Waals surface area contributed by atoms with E-state index in [4.69, 9.17) is 27.6 Å². The molecule has 2 aromatic heterocycles. The Morgan fingerprint density at radius 1 is 0.955 bits per heavy atom. The number of hydrogen-bond acceptors (Lipinski definition) is 5. The van der Waals surface area contributed by atoms with Gasteiger partial charge in [0, 0.05) is 10.6 Å². The molecule has 0 aliphatic rings. The van der Waals surface area contributed by atoms with E-state index in [0.29, 0.717) is 21.8 Å². The number of rotatable bonds is 4. The summed E-state index contributed by atoms with van der Waals surface area (Å²) in [5.41, 5.74) is 3.68. The summed E-state index contributed by atoms with van der Waals surface area (Å²) in [4.78, 5) is 0. The van der Waals surface area contributed by atoms with Crippen LogP contribution in [0.5, 0.6) is 0 Å². The highest BCUT2D eigenvalue weighted by Gasteiger charge is 2.03. The number of nitrogens with zero attached hydrogens (tertiary/aromatic N) is 3. The number of hydrogen-bond donors (Lipinski definition) is 1. The highest BCUT2D eigenvalue weighted by molar-refractivity contribution is 6.30.